The Morgan fingerprint density at radius 1 is 1.33 bits per heavy atom. The molecule has 2 aromatic rings. The summed E-state index contributed by atoms with van der Waals surface area (Å²) in [5, 5.41) is 12.8. The number of aromatic nitrogens is 1. The van der Waals surface area contributed by atoms with Crippen molar-refractivity contribution in [2.45, 2.75) is 97.2 Å². The molecule has 1 aliphatic carbocycles. The first-order chi connectivity index (χ1) is 14.1. The van der Waals surface area contributed by atoms with Gasteiger partial charge in [0.25, 0.3) is 0 Å². The Morgan fingerprint density at radius 3 is 2.67 bits per heavy atom. The molecular formula is C25H37ClN2O2. The molecule has 1 fully saturated rings. The van der Waals surface area contributed by atoms with Crippen LogP contribution in [0.25, 0.3) is 10.9 Å². The van der Waals surface area contributed by atoms with Gasteiger partial charge < -0.3 is 15.0 Å². The minimum absolute atomic E-state index is 0.0536. The fourth-order valence-electron chi connectivity index (χ4n) is 5.39. The normalized spacial score (nSPS) is 25.6. The van der Waals surface area contributed by atoms with Crippen LogP contribution in [-0.2, 0) is 4.79 Å². The quantitative estimate of drug-likeness (QED) is 0.571. The van der Waals surface area contributed by atoms with Crippen molar-refractivity contribution >= 4 is 28.4 Å². The summed E-state index contributed by atoms with van der Waals surface area (Å²) >= 11 is 6.61. The van der Waals surface area contributed by atoms with Crippen molar-refractivity contribution in [3.63, 3.8) is 0 Å². The van der Waals surface area contributed by atoms with Crippen LogP contribution in [0.1, 0.15) is 83.8 Å². The lowest BCUT2D eigenvalue weighted by Gasteiger charge is -2.46. The maximum atomic E-state index is 13.5. The molecule has 4 atom stereocenters. The molecule has 1 aromatic heterocycles. The molecule has 5 heteroatoms. The second-order valence-electron chi connectivity index (χ2n) is 9.84. The van der Waals surface area contributed by atoms with E-state index in [9.17, 15) is 9.90 Å². The molecule has 0 radical (unpaired) electrons. The first-order valence-electron chi connectivity index (χ1n) is 11.4. The third-order valence-electron chi connectivity index (χ3n) is 6.93. The van der Waals surface area contributed by atoms with Crippen molar-refractivity contribution in [2.24, 2.45) is 5.92 Å². The van der Waals surface area contributed by atoms with Gasteiger partial charge in [-0.05, 0) is 75.5 Å². The average Bonchev–Trinajstić information content (AvgIpc) is 3.08. The molecule has 1 aliphatic rings. The van der Waals surface area contributed by atoms with Crippen LogP contribution < -0.4 is 0 Å². The van der Waals surface area contributed by atoms with Crippen LogP contribution in [-0.4, -0.2) is 38.6 Å². The highest BCUT2D eigenvalue weighted by molar-refractivity contribution is 6.36. The summed E-state index contributed by atoms with van der Waals surface area (Å²) < 4.78 is 0. The first kappa shape index (κ1) is 23.1. The molecule has 166 valence electrons. The van der Waals surface area contributed by atoms with Gasteiger partial charge in [0.1, 0.15) is 0 Å². The number of hydrogen-bond donors (Lipinski definition) is 2. The topological polar surface area (TPSA) is 56.3 Å². The van der Waals surface area contributed by atoms with E-state index in [0.717, 1.165) is 46.3 Å². The van der Waals surface area contributed by atoms with Crippen LogP contribution in [0, 0.1) is 12.8 Å². The van der Waals surface area contributed by atoms with Crippen molar-refractivity contribution in [3.05, 3.63) is 34.5 Å². The van der Waals surface area contributed by atoms with E-state index in [4.69, 9.17) is 11.6 Å². The summed E-state index contributed by atoms with van der Waals surface area (Å²) in [4.78, 5) is 18.8. The molecule has 4 nitrogen and oxygen atoms in total. The zero-order valence-electron chi connectivity index (χ0n) is 19.3. The molecule has 30 heavy (non-hydrogen) atoms. The van der Waals surface area contributed by atoms with Gasteiger partial charge in [0.05, 0.1) is 10.6 Å². The van der Waals surface area contributed by atoms with E-state index >= 15 is 0 Å². The number of aliphatic hydroxyl groups is 1. The number of nitrogens with one attached hydrogen (secondary N) is 1. The molecule has 1 heterocycles. The number of rotatable bonds is 6. The predicted octanol–water partition coefficient (Wildman–Crippen LogP) is 6.19. The molecule has 1 aromatic carbocycles. The minimum Gasteiger partial charge on any atom is -0.390 e. The SMILES string of the molecule is CCC1(O)CC(C)CC(N(C(=O)CC(C)c2c[nH]c3ccc(C)c(Cl)c23)C(C)C)C1. The fourth-order valence-corrected chi connectivity index (χ4v) is 5.67. The van der Waals surface area contributed by atoms with Crippen LogP contribution >= 0.6 is 11.6 Å². The molecule has 0 spiro atoms. The molecule has 2 N–H and O–H groups in total. The number of aryl methyl sites for hydroxylation is 1. The summed E-state index contributed by atoms with van der Waals surface area (Å²) in [6, 6.07) is 4.26. The van der Waals surface area contributed by atoms with E-state index in [1.54, 1.807) is 0 Å². The molecular weight excluding hydrogens is 396 g/mol. The number of nitrogens with zero attached hydrogens (tertiary/aromatic N) is 1. The van der Waals surface area contributed by atoms with Crippen LogP contribution in [0.15, 0.2) is 18.3 Å². The van der Waals surface area contributed by atoms with Gasteiger partial charge in [-0.1, -0.05) is 38.4 Å². The van der Waals surface area contributed by atoms with Crippen LogP contribution in [0.3, 0.4) is 0 Å². The molecule has 4 unspecified atom stereocenters. The molecule has 0 aliphatic heterocycles. The predicted molar refractivity (Wildman–Crippen MR) is 125 cm³/mol. The summed E-state index contributed by atoms with van der Waals surface area (Å²) in [5.74, 6) is 0.627. The van der Waals surface area contributed by atoms with Gasteiger partial charge in [-0.3, -0.25) is 4.79 Å². The monoisotopic (exact) mass is 432 g/mol. The summed E-state index contributed by atoms with van der Waals surface area (Å²) in [5.41, 5.74) is 2.48. The lowest BCUT2D eigenvalue weighted by atomic mass is 9.74. The molecule has 0 saturated heterocycles. The van der Waals surface area contributed by atoms with E-state index < -0.39 is 5.60 Å². The highest BCUT2D eigenvalue weighted by Crippen LogP contribution is 2.39. The Balaban J connectivity index is 1.83. The van der Waals surface area contributed by atoms with Gasteiger partial charge in [0.2, 0.25) is 5.91 Å². The number of aromatic amines is 1. The number of H-pyrrole nitrogens is 1. The number of benzene rings is 1. The highest BCUT2D eigenvalue weighted by atomic mass is 35.5. The maximum Gasteiger partial charge on any atom is 0.223 e. The largest absolute Gasteiger partial charge is 0.390 e. The zero-order valence-corrected chi connectivity index (χ0v) is 20.0. The average molecular weight is 433 g/mol. The lowest BCUT2D eigenvalue weighted by molar-refractivity contribution is -0.140. The highest BCUT2D eigenvalue weighted by Gasteiger charge is 2.40. The Bertz CT molecular complexity index is 906. The molecule has 1 amide bonds. The number of halogens is 1. The summed E-state index contributed by atoms with van der Waals surface area (Å²) in [6.45, 7) is 12.5. The van der Waals surface area contributed by atoms with Gasteiger partial charge >= 0.3 is 0 Å². The number of amides is 1. The first-order valence-corrected chi connectivity index (χ1v) is 11.7. The van der Waals surface area contributed by atoms with Crippen molar-refractivity contribution < 1.29 is 9.90 Å². The van der Waals surface area contributed by atoms with E-state index in [1.165, 1.54) is 0 Å². The van der Waals surface area contributed by atoms with Crippen LogP contribution in [0.4, 0.5) is 0 Å². The Hall–Kier alpha value is -1.52. The number of carbonyl (C=O) groups excluding carboxylic acids is 1. The van der Waals surface area contributed by atoms with E-state index in [1.807, 2.05) is 37.1 Å². The number of carbonyl (C=O) groups is 1. The number of fused-ring (bicyclic) bond motifs is 1. The zero-order chi connectivity index (χ0) is 22.2. The Labute approximate surface area is 186 Å². The fraction of sp³-hybridized carbons (Fsp3) is 0.640. The van der Waals surface area contributed by atoms with Crippen LogP contribution in [0.5, 0.6) is 0 Å². The lowest BCUT2D eigenvalue weighted by Crippen LogP contribution is -2.52. The number of hydrogen-bond acceptors (Lipinski definition) is 2. The van der Waals surface area contributed by atoms with Crippen molar-refractivity contribution in [3.8, 4) is 0 Å². The van der Waals surface area contributed by atoms with Crippen molar-refractivity contribution in [2.75, 3.05) is 0 Å². The van der Waals surface area contributed by atoms with Gasteiger partial charge in [-0.25, -0.2) is 0 Å². The second kappa shape index (κ2) is 8.92. The Morgan fingerprint density at radius 2 is 2.03 bits per heavy atom. The van der Waals surface area contributed by atoms with Gasteiger partial charge in [-0.15, -0.1) is 0 Å². The summed E-state index contributed by atoms with van der Waals surface area (Å²) in [7, 11) is 0. The van der Waals surface area contributed by atoms with Gasteiger partial charge in [0, 0.05) is 35.6 Å². The second-order valence-corrected chi connectivity index (χ2v) is 10.2. The van der Waals surface area contributed by atoms with E-state index in [-0.39, 0.29) is 23.9 Å². The summed E-state index contributed by atoms with van der Waals surface area (Å²) in [6.07, 6.45) is 5.61. The molecule has 0 bridgehead atoms. The van der Waals surface area contributed by atoms with E-state index in [2.05, 4.69) is 32.7 Å². The van der Waals surface area contributed by atoms with Gasteiger partial charge in [0.15, 0.2) is 0 Å². The van der Waals surface area contributed by atoms with Crippen LogP contribution in [0.2, 0.25) is 5.02 Å². The molecule has 1 saturated carbocycles. The Kier molecular flexibility index (Phi) is 6.88. The third kappa shape index (κ3) is 4.55. The van der Waals surface area contributed by atoms with Gasteiger partial charge in [-0.2, -0.15) is 0 Å². The maximum absolute atomic E-state index is 13.5. The molecule has 3 rings (SSSR count). The van der Waals surface area contributed by atoms with Crippen molar-refractivity contribution in [1.82, 2.24) is 9.88 Å². The van der Waals surface area contributed by atoms with E-state index in [0.29, 0.717) is 18.8 Å². The standard InChI is InChI=1S/C25H37ClN2O2/c1-7-25(30)12-16(4)10-19(13-25)28(15(2)3)22(29)11-18(6)20-14-27-21-9-8-17(5)24(26)23(20)21/h8-9,14-16,18-19,27,30H,7,10-13H2,1-6H3. The van der Waals surface area contributed by atoms with Crippen molar-refractivity contribution in [1.29, 1.82) is 0 Å². The minimum atomic E-state index is -0.663. The smallest absolute Gasteiger partial charge is 0.223 e. The third-order valence-corrected chi connectivity index (χ3v) is 7.42.